The van der Waals surface area contributed by atoms with Gasteiger partial charge < -0.3 is 4.90 Å². The number of hydrogen-bond acceptors (Lipinski definition) is 6. The number of nitriles is 1. The van der Waals surface area contributed by atoms with Gasteiger partial charge >= 0.3 is 0 Å². The van der Waals surface area contributed by atoms with Crippen LogP contribution in [0.3, 0.4) is 0 Å². The third-order valence-electron chi connectivity index (χ3n) is 5.23. The van der Waals surface area contributed by atoms with Crippen LogP contribution in [0.15, 0.2) is 29.3 Å². The molecule has 0 aliphatic carbocycles. The Hall–Kier alpha value is -2.72. The Kier molecular flexibility index (Phi) is 6.20. The van der Waals surface area contributed by atoms with E-state index in [0.29, 0.717) is 11.7 Å². The number of anilines is 1. The molecule has 0 aromatic carbocycles. The maximum atomic E-state index is 11.8. The van der Waals surface area contributed by atoms with Gasteiger partial charge in [-0.05, 0) is 24.5 Å². The van der Waals surface area contributed by atoms with Crippen LogP contribution < -0.4 is 10.5 Å². The number of aryl methyl sites for hydroxylation is 1. The van der Waals surface area contributed by atoms with Gasteiger partial charge in [-0.15, -0.1) is 0 Å². The van der Waals surface area contributed by atoms with Gasteiger partial charge in [0.15, 0.2) is 0 Å². The molecule has 3 rings (SSSR count). The van der Waals surface area contributed by atoms with E-state index in [2.05, 4.69) is 44.9 Å². The second-order valence-corrected chi connectivity index (χ2v) is 6.79. The van der Waals surface area contributed by atoms with Gasteiger partial charge in [0, 0.05) is 44.1 Å². The molecule has 27 heavy (non-hydrogen) atoms. The van der Waals surface area contributed by atoms with E-state index >= 15 is 0 Å². The number of H-pyrrole nitrogens is 1. The molecule has 1 N–H and O–H groups in total. The number of piperazine rings is 1. The van der Waals surface area contributed by atoms with Gasteiger partial charge in [-0.1, -0.05) is 26.3 Å². The number of aromatic nitrogens is 3. The van der Waals surface area contributed by atoms with Gasteiger partial charge in [-0.3, -0.25) is 14.7 Å². The zero-order valence-electron chi connectivity index (χ0n) is 16.0. The molecule has 7 nitrogen and oxygen atoms in total. The molecule has 7 heteroatoms. The summed E-state index contributed by atoms with van der Waals surface area (Å²) in [6.07, 6.45) is 6.58. The summed E-state index contributed by atoms with van der Waals surface area (Å²) in [6.45, 7) is 7.65. The van der Waals surface area contributed by atoms with Crippen LogP contribution in [0.2, 0.25) is 0 Å². The van der Waals surface area contributed by atoms with Crippen molar-refractivity contribution in [2.75, 3.05) is 31.1 Å². The highest BCUT2D eigenvalue weighted by Crippen LogP contribution is 2.30. The van der Waals surface area contributed by atoms with Crippen molar-refractivity contribution in [1.82, 2.24) is 20.1 Å². The second-order valence-electron chi connectivity index (χ2n) is 6.79. The van der Waals surface area contributed by atoms with Crippen LogP contribution in [0.4, 0.5) is 5.69 Å². The van der Waals surface area contributed by atoms with Crippen LogP contribution in [-0.4, -0.2) is 46.3 Å². The van der Waals surface area contributed by atoms with E-state index in [0.717, 1.165) is 45.4 Å². The van der Waals surface area contributed by atoms with Crippen LogP contribution >= 0.6 is 0 Å². The molecule has 1 atom stereocenters. The third-order valence-corrected chi connectivity index (χ3v) is 5.23. The fourth-order valence-electron chi connectivity index (χ4n) is 3.87. The highest BCUT2D eigenvalue weighted by atomic mass is 16.1. The van der Waals surface area contributed by atoms with Gasteiger partial charge in [0.05, 0.1) is 11.9 Å². The maximum absolute atomic E-state index is 11.8. The predicted octanol–water partition coefficient (Wildman–Crippen LogP) is 2.26. The topological polar surface area (TPSA) is 88.9 Å². The molecule has 1 aliphatic rings. The largest absolute Gasteiger partial charge is 0.366 e. The van der Waals surface area contributed by atoms with Crippen molar-refractivity contribution < 1.29 is 0 Å². The minimum Gasteiger partial charge on any atom is -0.366 e. The van der Waals surface area contributed by atoms with Crippen molar-refractivity contribution >= 4 is 5.69 Å². The quantitative estimate of drug-likeness (QED) is 0.843. The van der Waals surface area contributed by atoms with Crippen LogP contribution in [0.1, 0.15) is 49.6 Å². The molecule has 0 spiro atoms. The number of aromatic amines is 1. The zero-order chi connectivity index (χ0) is 19.2. The summed E-state index contributed by atoms with van der Waals surface area (Å²) >= 11 is 0. The van der Waals surface area contributed by atoms with E-state index in [1.165, 1.54) is 11.3 Å². The van der Waals surface area contributed by atoms with Crippen LogP contribution in [0, 0.1) is 11.3 Å². The average molecular weight is 366 g/mol. The van der Waals surface area contributed by atoms with Gasteiger partial charge in [0.1, 0.15) is 11.6 Å². The Morgan fingerprint density at radius 1 is 1.30 bits per heavy atom. The first-order valence-corrected chi connectivity index (χ1v) is 9.60. The lowest BCUT2D eigenvalue weighted by Crippen LogP contribution is -2.48. The first-order chi connectivity index (χ1) is 13.2. The Morgan fingerprint density at radius 2 is 2.07 bits per heavy atom. The van der Waals surface area contributed by atoms with Crippen molar-refractivity contribution in [2.45, 2.75) is 39.2 Å². The normalized spacial score (nSPS) is 16.1. The Morgan fingerprint density at radius 3 is 2.74 bits per heavy atom. The van der Waals surface area contributed by atoms with Crippen molar-refractivity contribution in [1.29, 1.82) is 5.26 Å². The molecule has 2 aromatic rings. The molecule has 0 saturated carbocycles. The van der Waals surface area contributed by atoms with E-state index in [1.54, 1.807) is 6.20 Å². The molecule has 0 bridgehead atoms. The lowest BCUT2D eigenvalue weighted by Gasteiger charge is -2.40. The summed E-state index contributed by atoms with van der Waals surface area (Å²) in [5.74, 6) is 0. The molecule has 2 aromatic heterocycles. The number of rotatable bonds is 6. The highest BCUT2D eigenvalue weighted by Gasteiger charge is 2.27. The van der Waals surface area contributed by atoms with Crippen LogP contribution in [-0.2, 0) is 6.42 Å². The Balaban J connectivity index is 1.78. The van der Waals surface area contributed by atoms with Crippen molar-refractivity contribution in [3.8, 4) is 6.07 Å². The fourth-order valence-corrected chi connectivity index (χ4v) is 3.87. The van der Waals surface area contributed by atoms with Crippen molar-refractivity contribution in [3.05, 3.63) is 51.7 Å². The van der Waals surface area contributed by atoms with Crippen LogP contribution in [0.5, 0.6) is 0 Å². The van der Waals surface area contributed by atoms with E-state index in [9.17, 15) is 10.1 Å². The monoisotopic (exact) mass is 366 g/mol. The summed E-state index contributed by atoms with van der Waals surface area (Å²) in [5, 5.41) is 15.5. The van der Waals surface area contributed by atoms with Gasteiger partial charge in [0.25, 0.3) is 5.56 Å². The molecular weight excluding hydrogens is 340 g/mol. The molecular formula is C20H26N6O. The smallest absolute Gasteiger partial charge is 0.284 e. The fraction of sp³-hybridized carbons (Fsp3) is 0.500. The highest BCUT2D eigenvalue weighted by molar-refractivity contribution is 5.56. The Labute approximate surface area is 159 Å². The minimum absolute atomic E-state index is 0.143. The lowest BCUT2D eigenvalue weighted by molar-refractivity contribution is 0.175. The zero-order valence-corrected chi connectivity index (χ0v) is 16.0. The summed E-state index contributed by atoms with van der Waals surface area (Å²) in [7, 11) is 0. The third kappa shape index (κ3) is 4.01. The van der Waals surface area contributed by atoms with E-state index in [4.69, 9.17) is 0 Å². The molecule has 0 radical (unpaired) electrons. The Bertz CT molecular complexity index is 863. The molecule has 1 aliphatic heterocycles. The number of nitrogens with zero attached hydrogens (tertiary/aromatic N) is 5. The summed E-state index contributed by atoms with van der Waals surface area (Å²) in [6, 6.07) is 6.59. The van der Waals surface area contributed by atoms with Gasteiger partial charge in [-0.25, -0.2) is 5.10 Å². The average Bonchev–Trinajstić information content (AvgIpc) is 2.72. The lowest BCUT2D eigenvalue weighted by atomic mass is 9.97. The maximum Gasteiger partial charge on any atom is 0.284 e. The minimum atomic E-state index is -0.427. The van der Waals surface area contributed by atoms with E-state index < -0.39 is 5.56 Å². The van der Waals surface area contributed by atoms with Gasteiger partial charge in [-0.2, -0.15) is 10.4 Å². The number of pyridine rings is 1. The number of nitrogens with one attached hydrogen (secondary N) is 1. The number of hydrogen-bond donors (Lipinski definition) is 1. The van der Waals surface area contributed by atoms with E-state index in [1.807, 2.05) is 18.3 Å². The molecule has 0 amide bonds. The molecule has 1 saturated heterocycles. The van der Waals surface area contributed by atoms with Gasteiger partial charge in [0.2, 0.25) is 0 Å². The first-order valence-electron chi connectivity index (χ1n) is 9.60. The summed E-state index contributed by atoms with van der Waals surface area (Å²) in [5.41, 5.74) is 2.84. The molecule has 0 unspecified atom stereocenters. The first kappa shape index (κ1) is 19.1. The van der Waals surface area contributed by atoms with Crippen molar-refractivity contribution in [3.63, 3.8) is 0 Å². The molecule has 1 fully saturated rings. The van der Waals surface area contributed by atoms with Crippen molar-refractivity contribution in [2.24, 2.45) is 0 Å². The standard InChI is InChI=1S/C20H26N6O/c1-3-6-18(15-7-5-8-22-17(15)4-2)25-9-11-26(12-10-25)19-14-23-24-20(27)16(19)13-21/h5,7-8,14,18H,3-4,6,9-12H2,1-2H3,(H,24,27)/t18-/m1/s1. The van der Waals surface area contributed by atoms with E-state index in [-0.39, 0.29) is 5.56 Å². The molecule has 3 heterocycles. The predicted molar refractivity (Wildman–Crippen MR) is 105 cm³/mol. The van der Waals surface area contributed by atoms with Crippen LogP contribution in [0.25, 0.3) is 0 Å². The summed E-state index contributed by atoms with van der Waals surface area (Å²) in [4.78, 5) is 21.0. The molecule has 142 valence electrons. The summed E-state index contributed by atoms with van der Waals surface area (Å²) < 4.78 is 0. The SMILES string of the molecule is CCC[C@H](c1cccnc1CC)N1CCN(c2cn[nH]c(=O)c2C#N)CC1. The second kappa shape index (κ2) is 8.78.